The van der Waals surface area contributed by atoms with Gasteiger partial charge in [0.05, 0.1) is 5.75 Å². The summed E-state index contributed by atoms with van der Waals surface area (Å²) in [6.45, 7) is 6.24. The zero-order chi connectivity index (χ0) is 14.5. The van der Waals surface area contributed by atoms with Crippen molar-refractivity contribution in [3.8, 4) is 0 Å². The minimum Gasteiger partial charge on any atom is -0.352 e. The number of piperidine rings is 1. The van der Waals surface area contributed by atoms with E-state index in [4.69, 9.17) is 0 Å². The number of thioether (sulfide) groups is 1. The highest BCUT2D eigenvalue weighted by Crippen LogP contribution is 2.25. The van der Waals surface area contributed by atoms with Gasteiger partial charge in [-0.25, -0.2) is 0 Å². The summed E-state index contributed by atoms with van der Waals surface area (Å²) < 4.78 is 1.08. The van der Waals surface area contributed by atoms with Crippen LogP contribution in [0, 0.1) is 12.8 Å². The summed E-state index contributed by atoms with van der Waals surface area (Å²) in [4.78, 5) is 13.2. The van der Waals surface area contributed by atoms with Gasteiger partial charge in [-0.15, -0.1) is 11.8 Å². The molecule has 2 N–H and O–H groups in total. The SMILES string of the molecule is Cc1cc(Br)ccc1SCC(=O)NC1CCNCC1C. The third-order valence-corrected chi connectivity index (χ3v) is 5.30. The third-order valence-electron chi connectivity index (χ3n) is 3.63. The van der Waals surface area contributed by atoms with Gasteiger partial charge in [-0.3, -0.25) is 4.79 Å². The number of hydrogen-bond donors (Lipinski definition) is 2. The highest BCUT2D eigenvalue weighted by molar-refractivity contribution is 9.10. The summed E-state index contributed by atoms with van der Waals surface area (Å²) >= 11 is 5.06. The fourth-order valence-electron chi connectivity index (χ4n) is 2.40. The normalized spacial score (nSPS) is 22.6. The van der Waals surface area contributed by atoms with Crippen molar-refractivity contribution in [3.05, 3.63) is 28.2 Å². The smallest absolute Gasteiger partial charge is 0.230 e. The molecule has 2 atom stereocenters. The highest BCUT2D eigenvalue weighted by atomic mass is 79.9. The van der Waals surface area contributed by atoms with Crippen LogP contribution in [0.4, 0.5) is 0 Å². The van der Waals surface area contributed by atoms with Gasteiger partial charge in [-0.05, 0) is 56.1 Å². The molecule has 20 heavy (non-hydrogen) atoms. The van der Waals surface area contributed by atoms with Crippen LogP contribution in [-0.4, -0.2) is 30.8 Å². The minimum absolute atomic E-state index is 0.135. The molecule has 2 unspecified atom stereocenters. The van der Waals surface area contributed by atoms with Crippen LogP contribution in [0.3, 0.4) is 0 Å². The minimum atomic E-state index is 0.135. The maximum Gasteiger partial charge on any atom is 0.230 e. The Bertz CT molecular complexity index is 481. The van der Waals surface area contributed by atoms with E-state index >= 15 is 0 Å². The standard InChI is InChI=1S/C15H21BrN2OS/c1-10-7-12(16)3-4-14(10)20-9-15(19)18-13-5-6-17-8-11(13)2/h3-4,7,11,13,17H,5-6,8-9H2,1-2H3,(H,18,19). The fourth-order valence-corrected chi connectivity index (χ4v) is 3.69. The number of carbonyl (C=O) groups is 1. The molecule has 1 aliphatic rings. The summed E-state index contributed by atoms with van der Waals surface area (Å²) in [7, 11) is 0. The lowest BCUT2D eigenvalue weighted by Gasteiger charge is -2.30. The van der Waals surface area contributed by atoms with Crippen LogP contribution >= 0.6 is 27.7 Å². The van der Waals surface area contributed by atoms with Gasteiger partial charge in [0, 0.05) is 15.4 Å². The molecule has 1 aromatic rings. The Labute approximate surface area is 133 Å². The third kappa shape index (κ3) is 4.50. The fraction of sp³-hybridized carbons (Fsp3) is 0.533. The van der Waals surface area contributed by atoms with Crippen LogP contribution in [0.2, 0.25) is 0 Å². The molecule has 1 heterocycles. The Morgan fingerprint density at radius 1 is 1.55 bits per heavy atom. The molecule has 1 aliphatic heterocycles. The first-order valence-electron chi connectivity index (χ1n) is 6.95. The van der Waals surface area contributed by atoms with Crippen molar-refractivity contribution in [1.82, 2.24) is 10.6 Å². The topological polar surface area (TPSA) is 41.1 Å². The van der Waals surface area contributed by atoms with E-state index in [0.717, 1.165) is 24.0 Å². The molecule has 0 saturated carbocycles. The Kier molecular flexibility index (Phi) is 5.93. The molecule has 1 saturated heterocycles. The van der Waals surface area contributed by atoms with Gasteiger partial charge in [-0.1, -0.05) is 22.9 Å². The molecule has 1 amide bonds. The van der Waals surface area contributed by atoms with Crippen molar-refractivity contribution in [2.24, 2.45) is 5.92 Å². The van der Waals surface area contributed by atoms with Gasteiger partial charge in [0.15, 0.2) is 0 Å². The lowest BCUT2D eigenvalue weighted by molar-refractivity contribution is -0.119. The predicted molar refractivity (Wildman–Crippen MR) is 88.2 cm³/mol. The number of carbonyl (C=O) groups excluding carboxylic acids is 1. The highest BCUT2D eigenvalue weighted by Gasteiger charge is 2.22. The number of hydrogen-bond acceptors (Lipinski definition) is 3. The van der Waals surface area contributed by atoms with Crippen molar-refractivity contribution < 1.29 is 4.79 Å². The molecule has 110 valence electrons. The monoisotopic (exact) mass is 356 g/mol. The van der Waals surface area contributed by atoms with E-state index in [1.165, 1.54) is 10.5 Å². The van der Waals surface area contributed by atoms with Gasteiger partial charge >= 0.3 is 0 Å². The van der Waals surface area contributed by atoms with Crippen molar-refractivity contribution in [2.75, 3.05) is 18.8 Å². The molecule has 0 radical (unpaired) electrons. The van der Waals surface area contributed by atoms with Crippen molar-refractivity contribution in [1.29, 1.82) is 0 Å². The molecular formula is C15H21BrN2OS. The number of amides is 1. The Morgan fingerprint density at radius 2 is 2.35 bits per heavy atom. The van der Waals surface area contributed by atoms with E-state index in [-0.39, 0.29) is 5.91 Å². The molecule has 0 aromatic heterocycles. The molecule has 3 nitrogen and oxygen atoms in total. The van der Waals surface area contributed by atoms with Gasteiger partial charge in [0.1, 0.15) is 0 Å². The quantitative estimate of drug-likeness (QED) is 0.814. The first-order chi connectivity index (χ1) is 9.56. The summed E-state index contributed by atoms with van der Waals surface area (Å²) in [5.74, 6) is 1.13. The summed E-state index contributed by atoms with van der Waals surface area (Å²) in [5, 5.41) is 6.51. The first-order valence-corrected chi connectivity index (χ1v) is 8.73. The molecule has 1 aromatic carbocycles. The molecule has 5 heteroatoms. The summed E-state index contributed by atoms with van der Waals surface area (Å²) in [6, 6.07) is 6.47. The molecular weight excluding hydrogens is 336 g/mol. The zero-order valence-corrected chi connectivity index (χ0v) is 14.3. The van der Waals surface area contributed by atoms with E-state index in [1.807, 2.05) is 6.07 Å². The number of benzene rings is 1. The van der Waals surface area contributed by atoms with E-state index in [9.17, 15) is 4.79 Å². The van der Waals surface area contributed by atoms with Gasteiger partial charge in [0.25, 0.3) is 0 Å². The van der Waals surface area contributed by atoms with E-state index in [0.29, 0.717) is 17.7 Å². The zero-order valence-electron chi connectivity index (χ0n) is 11.9. The van der Waals surface area contributed by atoms with Crippen LogP contribution in [0.25, 0.3) is 0 Å². The number of nitrogens with one attached hydrogen (secondary N) is 2. The Balaban J connectivity index is 1.82. The average Bonchev–Trinajstić information content (AvgIpc) is 2.40. The van der Waals surface area contributed by atoms with Crippen LogP contribution in [0.15, 0.2) is 27.6 Å². The number of halogens is 1. The molecule has 1 fully saturated rings. The number of rotatable bonds is 4. The average molecular weight is 357 g/mol. The Hall–Kier alpha value is -0.520. The number of aryl methyl sites for hydroxylation is 1. The van der Waals surface area contributed by atoms with E-state index in [2.05, 4.69) is 52.5 Å². The molecule has 0 spiro atoms. The van der Waals surface area contributed by atoms with E-state index < -0.39 is 0 Å². The Morgan fingerprint density at radius 3 is 3.05 bits per heavy atom. The van der Waals surface area contributed by atoms with Gasteiger partial charge < -0.3 is 10.6 Å². The second-order valence-corrected chi connectivity index (χ2v) is 7.28. The largest absolute Gasteiger partial charge is 0.352 e. The first kappa shape index (κ1) is 15.9. The maximum absolute atomic E-state index is 12.0. The van der Waals surface area contributed by atoms with Crippen molar-refractivity contribution in [2.45, 2.75) is 31.2 Å². The molecule has 0 bridgehead atoms. The predicted octanol–water partition coefficient (Wildman–Crippen LogP) is 2.96. The van der Waals surface area contributed by atoms with Crippen LogP contribution in [0.1, 0.15) is 18.9 Å². The maximum atomic E-state index is 12.0. The summed E-state index contributed by atoms with van der Waals surface area (Å²) in [5.41, 5.74) is 1.20. The second kappa shape index (κ2) is 7.48. The van der Waals surface area contributed by atoms with Crippen molar-refractivity contribution in [3.63, 3.8) is 0 Å². The van der Waals surface area contributed by atoms with Gasteiger partial charge in [-0.2, -0.15) is 0 Å². The molecule has 0 aliphatic carbocycles. The van der Waals surface area contributed by atoms with E-state index in [1.54, 1.807) is 11.8 Å². The van der Waals surface area contributed by atoms with Crippen molar-refractivity contribution >= 4 is 33.6 Å². The molecule has 2 rings (SSSR count). The van der Waals surface area contributed by atoms with Crippen LogP contribution in [0.5, 0.6) is 0 Å². The summed E-state index contributed by atoms with van der Waals surface area (Å²) in [6.07, 6.45) is 1.02. The van der Waals surface area contributed by atoms with Gasteiger partial charge in [0.2, 0.25) is 5.91 Å². The second-order valence-electron chi connectivity index (χ2n) is 5.34. The van der Waals surface area contributed by atoms with Crippen LogP contribution in [-0.2, 0) is 4.79 Å². The lowest BCUT2D eigenvalue weighted by atomic mass is 9.95. The van der Waals surface area contributed by atoms with Crippen LogP contribution < -0.4 is 10.6 Å². The lowest BCUT2D eigenvalue weighted by Crippen LogP contribution is -2.48.